The van der Waals surface area contributed by atoms with E-state index in [0.717, 1.165) is 27.7 Å². The maximum Gasteiger partial charge on any atom is 0.172 e. The lowest BCUT2D eigenvalue weighted by molar-refractivity contribution is 0.359. The Bertz CT molecular complexity index is 933. The summed E-state index contributed by atoms with van der Waals surface area (Å²) >= 11 is 0. The Balaban J connectivity index is 2.08. The van der Waals surface area contributed by atoms with Crippen molar-refractivity contribution < 1.29 is 9.47 Å². The predicted molar refractivity (Wildman–Crippen MR) is 99.3 cm³/mol. The summed E-state index contributed by atoms with van der Waals surface area (Å²) in [6, 6.07) is 3.64. The molecule has 132 valence electrons. The van der Waals surface area contributed by atoms with Crippen molar-refractivity contribution in [1.29, 1.82) is 0 Å². The molecule has 25 heavy (non-hydrogen) atoms. The van der Waals surface area contributed by atoms with Gasteiger partial charge in [0.2, 0.25) is 0 Å². The number of nitrogens with zero attached hydrogens (tertiary/aromatic N) is 3. The van der Waals surface area contributed by atoms with Crippen LogP contribution in [-0.2, 0) is 13.6 Å². The Kier molecular flexibility index (Phi) is 4.39. The quantitative estimate of drug-likeness (QED) is 0.694. The van der Waals surface area contributed by atoms with Crippen LogP contribution in [0.15, 0.2) is 18.3 Å². The molecule has 7 heteroatoms. The Morgan fingerprint density at radius 3 is 2.60 bits per heavy atom. The molecule has 1 aromatic carbocycles. The minimum Gasteiger partial charge on any atom is -0.493 e. The number of nitrogen functional groups attached to an aromatic ring is 1. The average Bonchev–Trinajstić information content (AvgIpc) is 2.85. The van der Waals surface area contributed by atoms with Crippen LogP contribution < -0.4 is 20.5 Å². The summed E-state index contributed by atoms with van der Waals surface area (Å²) in [5.74, 6) is 1.89. The zero-order valence-corrected chi connectivity index (χ0v) is 15.2. The van der Waals surface area contributed by atoms with Gasteiger partial charge in [0.15, 0.2) is 11.5 Å². The van der Waals surface area contributed by atoms with Gasteiger partial charge in [-0.15, -0.1) is 0 Å². The van der Waals surface area contributed by atoms with E-state index in [1.54, 1.807) is 26.5 Å². The molecule has 0 bridgehead atoms. The van der Waals surface area contributed by atoms with E-state index in [0.29, 0.717) is 29.5 Å². The average molecular weight is 341 g/mol. The molecule has 3 rings (SSSR count). The molecule has 3 aromatic rings. The van der Waals surface area contributed by atoms with Gasteiger partial charge >= 0.3 is 0 Å². The van der Waals surface area contributed by atoms with Crippen LogP contribution in [0.4, 0.5) is 11.5 Å². The number of nitrogens with one attached hydrogen (secondary N) is 1. The number of fused-ring (bicyclic) bond motifs is 1. The monoisotopic (exact) mass is 341 g/mol. The van der Waals surface area contributed by atoms with Gasteiger partial charge < -0.3 is 20.5 Å². The first-order chi connectivity index (χ1) is 12.0. The zero-order chi connectivity index (χ0) is 18.1. The van der Waals surface area contributed by atoms with E-state index in [4.69, 9.17) is 15.2 Å². The maximum atomic E-state index is 6.18. The van der Waals surface area contributed by atoms with Crippen LogP contribution in [0.25, 0.3) is 10.8 Å². The second-order valence-electron chi connectivity index (χ2n) is 5.91. The van der Waals surface area contributed by atoms with Crippen LogP contribution >= 0.6 is 0 Å². The van der Waals surface area contributed by atoms with Gasteiger partial charge in [0.1, 0.15) is 5.82 Å². The van der Waals surface area contributed by atoms with E-state index >= 15 is 0 Å². The fraction of sp³-hybridized carbons (Fsp3) is 0.333. The fourth-order valence-electron chi connectivity index (χ4n) is 3.07. The van der Waals surface area contributed by atoms with E-state index in [-0.39, 0.29) is 0 Å². The molecule has 0 saturated heterocycles. The highest BCUT2D eigenvalue weighted by atomic mass is 16.5. The van der Waals surface area contributed by atoms with Gasteiger partial charge in [0, 0.05) is 48.2 Å². The molecule has 0 unspecified atom stereocenters. The van der Waals surface area contributed by atoms with Crippen molar-refractivity contribution in [3.8, 4) is 11.5 Å². The molecule has 3 N–H and O–H groups in total. The summed E-state index contributed by atoms with van der Waals surface area (Å²) in [5.41, 5.74) is 10.1. The van der Waals surface area contributed by atoms with Crippen molar-refractivity contribution >= 4 is 22.3 Å². The summed E-state index contributed by atoms with van der Waals surface area (Å²) in [6.07, 6.45) is 1.73. The van der Waals surface area contributed by atoms with Crippen LogP contribution in [0, 0.1) is 13.8 Å². The molecule has 0 aliphatic rings. The SMILES string of the molecule is COc1cc(N)c2ccnc(NCc3c(C)nn(C)c3C)c2c1OC. The fourth-order valence-corrected chi connectivity index (χ4v) is 3.07. The largest absolute Gasteiger partial charge is 0.493 e. The van der Waals surface area contributed by atoms with Crippen molar-refractivity contribution in [2.75, 3.05) is 25.3 Å². The van der Waals surface area contributed by atoms with E-state index in [9.17, 15) is 0 Å². The number of hydrogen-bond acceptors (Lipinski definition) is 6. The number of benzene rings is 1. The van der Waals surface area contributed by atoms with Crippen LogP contribution in [0.1, 0.15) is 17.0 Å². The summed E-state index contributed by atoms with van der Waals surface area (Å²) < 4.78 is 12.9. The Morgan fingerprint density at radius 2 is 2.00 bits per heavy atom. The summed E-state index contributed by atoms with van der Waals surface area (Å²) in [6.45, 7) is 4.66. The van der Waals surface area contributed by atoms with Gasteiger partial charge in [-0.3, -0.25) is 4.68 Å². The number of anilines is 2. The molecule has 0 radical (unpaired) electrons. The summed E-state index contributed by atoms with van der Waals surface area (Å²) in [5, 5.41) is 9.53. The van der Waals surface area contributed by atoms with Gasteiger partial charge in [0.05, 0.1) is 25.3 Å². The van der Waals surface area contributed by atoms with Gasteiger partial charge in [-0.2, -0.15) is 5.10 Å². The number of aromatic nitrogens is 3. The number of nitrogens with two attached hydrogens (primary N) is 1. The first kappa shape index (κ1) is 16.9. The van der Waals surface area contributed by atoms with Gasteiger partial charge in [-0.25, -0.2) is 4.98 Å². The molecule has 0 atom stereocenters. The Hall–Kier alpha value is -2.96. The first-order valence-electron chi connectivity index (χ1n) is 8.00. The van der Waals surface area contributed by atoms with Crippen LogP contribution in [0.2, 0.25) is 0 Å². The van der Waals surface area contributed by atoms with E-state index < -0.39 is 0 Å². The van der Waals surface area contributed by atoms with E-state index in [1.165, 1.54) is 0 Å². The number of ether oxygens (including phenoxy) is 2. The minimum absolute atomic E-state index is 0.581. The number of hydrogen-bond donors (Lipinski definition) is 2. The molecule has 0 aliphatic heterocycles. The third kappa shape index (κ3) is 2.82. The highest BCUT2D eigenvalue weighted by Gasteiger charge is 2.17. The van der Waals surface area contributed by atoms with E-state index in [2.05, 4.69) is 22.3 Å². The molecule has 2 heterocycles. The Labute approximate surface area is 146 Å². The standard InChI is InChI=1S/C18H23N5O2/c1-10-13(11(2)23(3)22-10)9-21-18-16-12(6-7-20-18)14(19)8-15(24-4)17(16)25-5/h6-8H,9,19H2,1-5H3,(H,20,21). The number of aryl methyl sites for hydroxylation is 2. The first-order valence-corrected chi connectivity index (χ1v) is 8.00. The molecule has 2 aromatic heterocycles. The molecular formula is C18H23N5O2. The maximum absolute atomic E-state index is 6.18. The number of pyridine rings is 1. The molecule has 0 amide bonds. The normalized spacial score (nSPS) is 10.9. The Morgan fingerprint density at radius 1 is 1.24 bits per heavy atom. The topological polar surface area (TPSA) is 87.2 Å². The molecule has 0 spiro atoms. The number of rotatable bonds is 5. The highest BCUT2D eigenvalue weighted by Crippen LogP contribution is 2.42. The molecule has 0 aliphatic carbocycles. The van der Waals surface area contributed by atoms with Crippen LogP contribution in [0.5, 0.6) is 11.5 Å². The van der Waals surface area contributed by atoms with Crippen molar-refractivity contribution in [1.82, 2.24) is 14.8 Å². The molecular weight excluding hydrogens is 318 g/mol. The molecule has 0 saturated carbocycles. The highest BCUT2D eigenvalue weighted by molar-refractivity contribution is 6.05. The van der Waals surface area contributed by atoms with Crippen molar-refractivity contribution in [2.24, 2.45) is 7.05 Å². The van der Waals surface area contributed by atoms with Crippen molar-refractivity contribution in [2.45, 2.75) is 20.4 Å². The van der Waals surface area contributed by atoms with Gasteiger partial charge in [-0.1, -0.05) is 0 Å². The second kappa shape index (κ2) is 6.51. The minimum atomic E-state index is 0.581. The smallest absolute Gasteiger partial charge is 0.172 e. The predicted octanol–water partition coefficient (Wildman–Crippen LogP) is 2.80. The lowest BCUT2D eigenvalue weighted by atomic mass is 10.1. The third-order valence-electron chi connectivity index (χ3n) is 4.51. The zero-order valence-electron chi connectivity index (χ0n) is 15.2. The molecule has 7 nitrogen and oxygen atoms in total. The lowest BCUT2D eigenvalue weighted by Crippen LogP contribution is -2.06. The number of methoxy groups -OCH3 is 2. The summed E-state index contributed by atoms with van der Waals surface area (Å²) in [4.78, 5) is 4.48. The second-order valence-corrected chi connectivity index (χ2v) is 5.91. The third-order valence-corrected chi connectivity index (χ3v) is 4.51. The molecule has 0 fully saturated rings. The van der Waals surface area contributed by atoms with Crippen LogP contribution in [-0.4, -0.2) is 29.0 Å². The summed E-state index contributed by atoms with van der Waals surface area (Å²) in [7, 11) is 5.14. The van der Waals surface area contributed by atoms with Crippen molar-refractivity contribution in [3.63, 3.8) is 0 Å². The van der Waals surface area contributed by atoms with E-state index in [1.807, 2.05) is 24.7 Å². The van der Waals surface area contributed by atoms with Crippen LogP contribution in [0.3, 0.4) is 0 Å². The lowest BCUT2D eigenvalue weighted by Gasteiger charge is -2.16. The van der Waals surface area contributed by atoms with Gasteiger partial charge in [0.25, 0.3) is 0 Å². The van der Waals surface area contributed by atoms with Gasteiger partial charge in [-0.05, 0) is 19.9 Å². The van der Waals surface area contributed by atoms with Crippen molar-refractivity contribution in [3.05, 3.63) is 35.3 Å².